The van der Waals surface area contributed by atoms with Gasteiger partial charge in [0.05, 0.1) is 19.5 Å². The van der Waals surface area contributed by atoms with Gasteiger partial charge in [-0.2, -0.15) is 0 Å². The van der Waals surface area contributed by atoms with Crippen LogP contribution in [0.4, 0.5) is 5.82 Å². The first kappa shape index (κ1) is 15.2. The van der Waals surface area contributed by atoms with Crippen LogP contribution in [0.2, 0.25) is 0 Å². The fourth-order valence-electron chi connectivity index (χ4n) is 3.77. The van der Waals surface area contributed by atoms with E-state index in [2.05, 4.69) is 41.0 Å². The van der Waals surface area contributed by atoms with Gasteiger partial charge in [0.15, 0.2) is 5.69 Å². The van der Waals surface area contributed by atoms with Crippen molar-refractivity contribution in [3.05, 3.63) is 18.1 Å². The highest BCUT2D eigenvalue weighted by Crippen LogP contribution is 2.39. The lowest BCUT2D eigenvalue weighted by atomic mass is 9.78. The first-order chi connectivity index (χ1) is 10.4. The second-order valence-electron chi connectivity index (χ2n) is 7.33. The molecule has 0 aliphatic carbocycles. The van der Waals surface area contributed by atoms with Crippen LogP contribution in [-0.2, 0) is 4.74 Å². The third kappa shape index (κ3) is 2.67. The molecule has 22 heavy (non-hydrogen) atoms. The first-order valence-corrected chi connectivity index (χ1v) is 7.79. The van der Waals surface area contributed by atoms with E-state index >= 15 is 0 Å². The topological polar surface area (TPSA) is 67.3 Å². The highest BCUT2D eigenvalue weighted by molar-refractivity contribution is 5.87. The van der Waals surface area contributed by atoms with Crippen LogP contribution in [0, 0.1) is 17.3 Å². The highest BCUT2D eigenvalue weighted by atomic mass is 16.5. The predicted octanol–water partition coefficient (Wildman–Crippen LogP) is 1.33. The number of carbonyl (C=O) groups excluding carboxylic acids is 1. The van der Waals surface area contributed by atoms with Gasteiger partial charge in [0, 0.05) is 25.7 Å². The summed E-state index contributed by atoms with van der Waals surface area (Å²) < 4.78 is 4.72. The molecule has 1 unspecified atom stereocenters. The minimum atomic E-state index is -0.442. The van der Waals surface area contributed by atoms with E-state index in [4.69, 9.17) is 4.74 Å². The molecular weight excluding hydrogens is 280 g/mol. The molecule has 0 aromatic carbocycles. The Morgan fingerprint density at radius 2 is 2.14 bits per heavy atom. The molecule has 3 atom stereocenters. The summed E-state index contributed by atoms with van der Waals surface area (Å²) in [4.78, 5) is 22.4. The van der Waals surface area contributed by atoms with Gasteiger partial charge in [0.25, 0.3) is 0 Å². The number of fused-ring (bicyclic) bond motifs is 1. The largest absolute Gasteiger partial charge is 0.464 e. The Labute approximate surface area is 131 Å². The fraction of sp³-hybridized carbons (Fsp3) is 0.688. The van der Waals surface area contributed by atoms with Crippen molar-refractivity contribution in [2.24, 2.45) is 17.3 Å². The van der Waals surface area contributed by atoms with Gasteiger partial charge >= 0.3 is 5.97 Å². The molecule has 2 aliphatic heterocycles. The van der Waals surface area contributed by atoms with Gasteiger partial charge in [0.2, 0.25) is 0 Å². The number of esters is 1. The molecule has 0 radical (unpaired) electrons. The number of hydrogen-bond acceptors (Lipinski definition) is 6. The zero-order valence-corrected chi connectivity index (χ0v) is 13.7. The predicted molar refractivity (Wildman–Crippen MR) is 83.8 cm³/mol. The SMILES string of the molecule is COC(=O)c1cncc(N2C[C@H]3CNC(C(C)(C)C)[C@@H]3C2)n1. The van der Waals surface area contributed by atoms with Crippen LogP contribution in [0.1, 0.15) is 31.3 Å². The van der Waals surface area contributed by atoms with Crippen LogP contribution in [0.25, 0.3) is 0 Å². The summed E-state index contributed by atoms with van der Waals surface area (Å²) in [5.41, 5.74) is 0.511. The number of methoxy groups -OCH3 is 1. The summed E-state index contributed by atoms with van der Waals surface area (Å²) in [6.45, 7) is 9.82. The zero-order valence-electron chi connectivity index (χ0n) is 13.7. The number of anilines is 1. The van der Waals surface area contributed by atoms with Gasteiger partial charge in [-0.15, -0.1) is 0 Å². The second-order valence-corrected chi connectivity index (χ2v) is 7.33. The summed E-state index contributed by atoms with van der Waals surface area (Å²) >= 11 is 0. The number of nitrogens with zero attached hydrogens (tertiary/aromatic N) is 3. The quantitative estimate of drug-likeness (QED) is 0.832. The van der Waals surface area contributed by atoms with Crippen molar-refractivity contribution in [3.8, 4) is 0 Å². The van der Waals surface area contributed by atoms with Crippen molar-refractivity contribution < 1.29 is 9.53 Å². The van der Waals surface area contributed by atoms with E-state index in [1.54, 1.807) is 6.20 Å². The summed E-state index contributed by atoms with van der Waals surface area (Å²) in [5, 5.41) is 3.67. The Morgan fingerprint density at radius 3 is 2.82 bits per heavy atom. The Hall–Kier alpha value is -1.69. The van der Waals surface area contributed by atoms with Gasteiger partial charge in [-0.1, -0.05) is 20.8 Å². The first-order valence-electron chi connectivity index (χ1n) is 7.79. The molecule has 120 valence electrons. The van der Waals surface area contributed by atoms with Crippen LogP contribution in [-0.4, -0.2) is 48.7 Å². The second kappa shape index (κ2) is 5.50. The normalized spacial score (nSPS) is 27.8. The van der Waals surface area contributed by atoms with Crippen molar-refractivity contribution in [3.63, 3.8) is 0 Å². The van der Waals surface area contributed by atoms with E-state index < -0.39 is 5.97 Å². The van der Waals surface area contributed by atoms with Crippen LogP contribution in [0.15, 0.2) is 12.4 Å². The molecule has 1 aromatic heterocycles. The lowest BCUT2D eigenvalue weighted by Gasteiger charge is -2.32. The molecule has 3 rings (SSSR count). The molecule has 2 aliphatic rings. The molecule has 3 heterocycles. The van der Waals surface area contributed by atoms with Crippen molar-refractivity contribution in [1.82, 2.24) is 15.3 Å². The van der Waals surface area contributed by atoms with Crippen molar-refractivity contribution >= 4 is 11.8 Å². The molecule has 1 N–H and O–H groups in total. The molecule has 0 saturated carbocycles. The summed E-state index contributed by atoms with van der Waals surface area (Å²) in [7, 11) is 1.36. The average Bonchev–Trinajstić information content (AvgIpc) is 3.05. The Bertz CT molecular complexity index is 570. The zero-order chi connectivity index (χ0) is 15.9. The van der Waals surface area contributed by atoms with Gasteiger partial charge in [0.1, 0.15) is 5.82 Å². The Kier molecular flexibility index (Phi) is 3.80. The van der Waals surface area contributed by atoms with Crippen LogP contribution in [0.5, 0.6) is 0 Å². The van der Waals surface area contributed by atoms with Crippen LogP contribution < -0.4 is 10.2 Å². The summed E-state index contributed by atoms with van der Waals surface area (Å²) in [6.07, 6.45) is 3.18. The molecule has 6 heteroatoms. The molecular formula is C16H24N4O2. The van der Waals surface area contributed by atoms with Crippen molar-refractivity contribution in [1.29, 1.82) is 0 Å². The molecule has 1 aromatic rings. The number of rotatable bonds is 2. The number of carbonyl (C=O) groups is 1. The maximum Gasteiger partial charge on any atom is 0.358 e. The third-order valence-electron chi connectivity index (χ3n) is 4.79. The minimum absolute atomic E-state index is 0.245. The highest BCUT2D eigenvalue weighted by Gasteiger charge is 2.46. The van der Waals surface area contributed by atoms with Gasteiger partial charge in [-0.25, -0.2) is 9.78 Å². The van der Waals surface area contributed by atoms with E-state index in [1.165, 1.54) is 13.3 Å². The van der Waals surface area contributed by atoms with Crippen LogP contribution in [0.3, 0.4) is 0 Å². The average molecular weight is 304 g/mol. The molecule has 0 bridgehead atoms. The molecule has 0 spiro atoms. The number of ether oxygens (including phenoxy) is 1. The number of aromatic nitrogens is 2. The van der Waals surface area contributed by atoms with Gasteiger partial charge < -0.3 is 15.0 Å². The summed E-state index contributed by atoms with van der Waals surface area (Å²) in [5.74, 6) is 1.57. The van der Waals surface area contributed by atoms with E-state index in [1.807, 2.05) is 0 Å². The number of hydrogen-bond donors (Lipinski definition) is 1. The maximum absolute atomic E-state index is 11.6. The van der Waals surface area contributed by atoms with Gasteiger partial charge in [-0.05, 0) is 17.3 Å². The lowest BCUT2D eigenvalue weighted by Crippen LogP contribution is -2.42. The van der Waals surface area contributed by atoms with E-state index in [9.17, 15) is 4.79 Å². The maximum atomic E-state index is 11.6. The van der Waals surface area contributed by atoms with Gasteiger partial charge in [-0.3, -0.25) is 4.98 Å². The Morgan fingerprint density at radius 1 is 1.36 bits per heavy atom. The molecule has 2 saturated heterocycles. The van der Waals surface area contributed by atoms with Crippen LogP contribution >= 0.6 is 0 Å². The number of nitrogens with one attached hydrogen (secondary N) is 1. The molecule has 0 amide bonds. The molecule has 2 fully saturated rings. The third-order valence-corrected chi connectivity index (χ3v) is 4.79. The standard InChI is InChI=1S/C16H24N4O2/c1-16(2,3)14-11-9-20(8-10(11)5-18-14)13-7-17-6-12(19-13)15(21)22-4/h6-7,10-11,14,18H,5,8-9H2,1-4H3/t10-,11-,14?/m1/s1. The minimum Gasteiger partial charge on any atom is -0.464 e. The van der Waals surface area contributed by atoms with Crippen molar-refractivity contribution in [2.45, 2.75) is 26.8 Å². The fourth-order valence-corrected chi connectivity index (χ4v) is 3.77. The monoisotopic (exact) mass is 304 g/mol. The van der Waals surface area contributed by atoms with Crippen molar-refractivity contribution in [2.75, 3.05) is 31.6 Å². The van der Waals surface area contributed by atoms with E-state index in [0.717, 1.165) is 25.5 Å². The smallest absolute Gasteiger partial charge is 0.358 e. The lowest BCUT2D eigenvalue weighted by molar-refractivity contribution is 0.0593. The van der Waals surface area contributed by atoms with E-state index in [-0.39, 0.29) is 11.1 Å². The van der Waals surface area contributed by atoms with E-state index in [0.29, 0.717) is 17.9 Å². The summed E-state index contributed by atoms with van der Waals surface area (Å²) in [6, 6.07) is 0.513. The Balaban J connectivity index is 1.77. The molecule has 6 nitrogen and oxygen atoms in total.